The maximum Gasteiger partial charge on any atom is 0.347 e. The second kappa shape index (κ2) is 6.01. The van der Waals surface area contributed by atoms with Crippen LogP contribution in [-0.4, -0.2) is 30.4 Å². The number of aromatic nitrogens is 2. The van der Waals surface area contributed by atoms with Gasteiger partial charge in [0.1, 0.15) is 5.75 Å². The predicted molar refractivity (Wildman–Crippen MR) is 78.4 cm³/mol. The number of rotatable bonds is 5. The molecule has 0 atom stereocenters. The van der Waals surface area contributed by atoms with E-state index in [-0.39, 0.29) is 17.2 Å². The van der Waals surface area contributed by atoms with E-state index >= 15 is 0 Å². The highest BCUT2D eigenvalue weighted by atomic mass is 16.5. The molecule has 0 spiro atoms. The third-order valence-corrected chi connectivity index (χ3v) is 3.50. The van der Waals surface area contributed by atoms with Crippen LogP contribution in [0.1, 0.15) is 34.7 Å². The Morgan fingerprint density at radius 3 is 2.77 bits per heavy atom. The summed E-state index contributed by atoms with van der Waals surface area (Å²) in [5.74, 6) is 1.01. The van der Waals surface area contributed by atoms with Gasteiger partial charge in [-0.15, -0.1) is 5.10 Å². The number of esters is 1. The number of carbonyl (C=O) groups excluding carboxylic acids is 1. The molecule has 1 fully saturated rings. The zero-order chi connectivity index (χ0) is 15.5. The fraction of sp³-hybridized carbons (Fsp3) is 0.312. The first kappa shape index (κ1) is 14.3. The third kappa shape index (κ3) is 2.86. The zero-order valence-corrected chi connectivity index (χ0v) is 12.4. The average molecular weight is 300 g/mol. The van der Waals surface area contributed by atoms with Crippen molar-refractivity contribution in [1.82, 2.24) is 10.2 Å². The summed E-state index contributed by atoms with van der Waals surface area (Å²) in [6.45, 7) is 0. The molecule has 1 aromatic carbocycles. The lowest BCUT2D eigenvalue weighted by atomic mass is 10.1. The van der Waals surface area contributed by atoms with E-state index in [4.69, 9.17) is 14.2 Å². The summed E-state index contributed by atoms with van der Waals surface area (Å²) in [7, 11) is 2.70. The average Bonchev–Trinajstić information content (AvgIpc) is 3.39. The van der Waals surface area contributed by atoms with Crippen LogP contribution in [0.15, 0.2) is 30.5 Å². The molecule has 0 radical (unpaired) electrons. The van der Waals surface area contributed by atoms with E-state index in [1.807, 2.05) is 18.2 Å². The van der Waals surface area contributed by atoms with Crippen LogP contribution in [0.25, 0.3) is 0 Å². The highest BCUT2D eigenvalue weighted by Crippen LogP contribution is 2.41. The summed E-state index contributed by atoms with van der Waals surface area (Å²) in [5.41, 5.74) is 1.36. The monoisotopic (exact) mass is 300 g/mol. The molecular formula is C16H16N2O4. The topological polar surface area (TPSA) is 70.5 Å². The molecule has 1 aliphatic carbocycles. The Kier molecular flexibility index (Phi) is 3.91. The van der Waals surface area contributed by atoms with Gasteiger partial charge < -0.3 is 14.2 Å². The maximum absolute atomic E-state index is 11.9. The zero-order valence-electron chi connectivity index (χ0n) is 12.4. The molecular weight excluding hydrogens is 284 g/mol. The van der Waals surface area contributed by atoms with Crippen LogP contribution >= 0.6 is 0 Å². The number of hydrogen-bond acceptors (Lipinski definition) is 6. The van der Waals surface area contributed by atoms with Crippen molar-refractivity contribution in [1.29, 1.82) is 0 Å². The molecule has 0 saturated heterocycles. The first-order valence-electron chi connectivity index (χ1n) is 6.98. The molecule has 0 bridgehead atoms. The summed E-state index contributed by atoms with van der Waals surface area (Å²) in [6, 6.07) is 7.83. The number of ether oxygens (including phenoxy) is 3. The Balaban J connectivity index is 1.94. The molecule has 1 aliphatic rings. The molecule has 0 amide bonds. The number of carbonyl (C=O) groups is 1. The van der Waals surface area contributed by atoms with Crippen molar-refractivity contribution >= 4 is 5.97 Å². The van der Waals surface area contributed by atoms with Crippen molar-refractivity contribution in [2.24, 2.45) is 0 Å². The van der Waals surface area contributed by atoms with Crippen LogP contribution in [0.3, 0.4) is 0 Å². The molecule has 1 saturated carbocycles. The second-order valence-electron chi connectivity index (χ2n) is 5.03. The van der Waals surface area contributed by atoms with E-state index in [0.717, 1.165) is 0 Å². The van der Waals surface area contributed by atoms with Crippen LogP contribution < -0.4 is 9.47 Å². The number of hydrogen-bond donors (Lipinski definition) is 0. The molecule has 114 valence electrons. The van der Waals surface area contributed by atoms with Crippen molar-refractivity contribution in [3.63, 3.8) is 0 Å². The van der Waals surface area contributed by atoms with Gasteiger partial charge in [-0.1, -0.05) is 12.1 Å². The van der Waals surface area contributed by atoms with Gasteiger partial charge in [-0.3, -0.25) is 0 Å². The molecule has 0 aliphatic heterocycles. The smallest absolute Gasteiger partial charge is 0.347 e. The van der Waals surface area contributed by atoms with Crippen molar-refractivity contribution < 1.29 is 19.0 Å². The molecule has 3 rings (SSSR count). The Labute approximate surface area is 128 Å². The number of nitrogens with zero attached hydrogens (tertiary/aromatic N) is 2. The number of benzene rings is 1. The summed E-state index contributed by atoms with van der Waals surface area (Å²) < 4.78 is 15.6. The van der Waals surface area contributed by atoms with E-state index < -0.39 is 5.97 Å². The molecule has 1 heterocycles. The first-order chi connectivity index (χ1) is 10.7. The lowest BCUT2D eigenvalue weighted by Crippen LogP contribution is -2.08. The van der Waals surface area contributed by atoms with Crippen LogP contribution in [0, 0.1) is 0 Å². The Morgan fingerprint density at radius 1 is 1.27 bits per heavy atom. The van der Waals surface area contributed by atoms with Crippen molar-refractivity contribution in [2.45, 2.75) is 18.8 Å². The van der Waals surface area contributed by atoms with Crippen molar-refractivity contribution in [3.8, 4) is 17.4 Å². The fourth-order valence-electron chi connectivity index (χ4n) is 2.24. The Hall–Kier alpha value is -2.63. The van der Waals surface area contributed by atoms with E-state index in [1.54, 1.807) is 0 Å². The van der Waals surface area contributed by atoms with Gasteiger partial charge in [0, 0.05) is 0 Å². The largest absolute Gasteiger partial charge is 0.479 e. The lowest BCUT2D eigenvalue weighted by Gasteiger charge is -2.12. The van der Waals surface area contributed by atoms with E-state index in [1.165, 1.54) is 38.8 Å². The van der Waals surface area contributed by atoms with E-state index in [0.29, 0.717) is 11.7 Å². The van der Waals surface area contributed by atoms with Crippen LogP contribution in [0.2, 0.25) is 0 Å². The molecule has 0 N–H and O–H groups in total. The van der Waals surface area contributed by atoms with Gasteiger partial charge in [0.2, 0.25) is 0 Å². The van der Waals surface area contributed by atoms with E-state index in [9.17, 15) is 4.79 Å². The molecule has 2 aromatic rings. The number of methoxy groups -OCH3 is 2. The fourth-order valence-corrected chi connectivity index (χ4v) is 2.24. The SMILES string of the molecule is COC(=O)c1c(Oc2cccc(C3CC3)c2)cnnc1OC. The summed E-state index contributed by atoms with van der Waals surface area (Å²) in [5, 5.41) is 7.56. The van der Waals surface area contributed by atoms with Crippen LogP contribution in [-0.2, 0) is 4.74 Å². The Morgan fingerprint density at radius 2 is 2.09 bits per heavy atom. The minimum absolute atomic E-state index is 0.0719. The lowest BCUT2D eigenvalue weighted by molar-refractivity contribution is 0.0592. The molecule has 6 nitrogen and oxygen atoms in total. The van der Waals surface area contributed by atoms with Gasteiger partial charge in [-0.2, -0.15) is 5.10 Å². The standard InChI is InChI=1S/C16H16N2O4/c1-20-15-14(16(19)21-2)13(9-17-18-15)22-12-5-3-4-11(8-12)10-6-7-10/h3-5,8-10H,6-7H2,1-2H3. The highest BCUT2D eigenvalue weighted by Gasteiger charge is 2.25. The normalized spacial score (nSPS) is 13.5. The molecule has 0 unspecified atom stereocenters. The quantitative estimate of drug-likeness (QED) is 0.791. The van der Waals surface area contributed by atoms with Gasteiger partial charge in [0.05, 0.1) is 20.4 Å². The van der Waals surface area contributed by atoms with Crippen LogP contribution in [0.5, 0.6) is 17.4 Å². The highest BCUT2D eigenvalue weighted by molar-refractivity contribution is 5.94. The maximum atomic E-state index is 11.9. The Bertz CT molecular complexity index is 698. The summed E-state index contributed by atoms with van der Waals surface area (Å²) >= 11 is 0. The summed E-state index contributed by atoms with van der Waals surface area (Å²) in [6.07, 6.45) is 3.79. The van der Waals surface area contributed by atoms with Gasteiger partial charge in [-0.05, 0) is 36.5 Å². The first-order valence-corrected chi connectivity index (χ1v) is 6.98. The van der Waals surface area contributed by atoms with Crippen LogP contribution in [0.4, 0.5) is 0 Å². The predicted octanol–water partition coefficient (Wildman–Crippen LogP) is 2.94. The van der Waals surface area contributed by atoms with Gasteiger partial charge in [0.15, 0.2) is 11.3 Å². The van der Waals surface area contributed by atoms with Gasteiger partial charge >= 0.3 is 5.97 Å². The van der Waals surface area contributed by atoms with Gasteiger partial charge in [-0.25, -0.2) is 4.79 Å². The van der Waals surface area contributed by atoms with Gasteiger partial charge in [0.25, 0.3) is 5.88 Å². The molecule has 1 aromatic heterocycles. The van der Waals surface area contributed by atoms with E-state index in [2.05, 4.69) is 16.3 Å². The molecule has 6 heteroatoms. The van der Waals surface area contributed by atoms with Crippen molar-refractivity contribution in [2.75, 3.05) is 14.2 Å². The molecule has 22 heavy (non-hydrogen) atoms. The second-order valence-corrected chi connectivity index (χ2v) is 5.03. The third-order valence-electron chi connectivity index (χ3n) is 3.50. The summed E-state index contributed by atoms with van der Waals surface area (Å²) in [4.78, 5) is 11.9. The minimum Gasteiger partial charge on any atom is -0.479 e. The minimum atomic E-state index is -0.583. The van der Waals surface area contributed by atoms with Crippen molar-refractivity contribution in [3.05, 3.63) is 41.6 Å².